The third kappa shape index (κ3) is 5.16. The highest BCUT2D eigenvalue weighted by Gasteiger charge is 2.28. The van der Waals surface area contributed by atoms with Crippen molar-refractivity contribution < 1.29 is 21.6 Å². The van der Waals surface area contributed by atoms with Gasteiger partial charge in [0, 0.05) is 23.1 Å². The van der Waals surface area contributed by atoms with Crippen molar-refractivity contribution in [3.63, 3.8) is 0 Å². The molecule has 1 saturated heterocycles. The summed E-state index contributed by atoms with van der Waals surface area (Å²) in [5.41, 5.74) is 0.404. The first-order valence-electron chi connectivity index (χ1n) is 8.75. The van der Waals surface area contributed by atoms with E-state index in [9.17, 15) is 16.8 Å². The minimum absolute atomic E-state index is 0.00225. The van der Waals surface area contributed by atoms with Crippen molar-refractivity contribution in [1.29, 1.82) is 0 Å². The standard InChI is InChI=1S/C18H20Cl2N2O5S2/c1-27-18-7-6-15(29(25,26)22-8-2-3-9-22)11-17(18)21-28(23,24)12-13-4-5-14(19)10-16(13)20/h4-7,10-11,21H,2-3,8-9,12H2,1H3. The van der Waals surface area contributed by atoms with Gasteiger partial charge in [-0.05, 0) is 48.7 Å². The number of nitrogens with one attached hydrogen (secondary N) is 1. The van der Waals surface area contributed by atoms with Crippen LogP contribution in [0.1, 0.15) is 18.4 Å². The molecular weight excluding hydrogens is 459 g/mol. The predicted octanol–water partition coefficient (Wildman–Crippen LogP) is 3.73. The number of benzene rings is 2. The molecule has 1 N–H and O–H groups in total. The molecule has 1 aliphatic heterocycles. The monoisotopic (exact) mass is 478 g/mol. The summed E-state index contributed by atoms with van der Waals surface area (Å²) in [4.78, 5) is 0.00225. The highest BCUT2D eigenvalue weighted by atomic mass is 35.5. The molecule has 0 unspecified atom stereocenters. The molecule has 0 bridgehead atoms. The molecule has 1 fully saturated rings. The van der Waals surface area contributed by atoms with E-state index in [-0.39, 0.29) is 21.4 Å². The smallest absolute Gasteiger partial charge is 0.243 e. The van der Waals surface area contributed by atoms with E-state index in [0.717, 1.165) is 12.8 Å². The summed E-state index contributed by atoms with van der Waals surface area (Å²) < 4.78 is 59.9. The van der Waals surface area contributed by atoms with Gasteiger partial charge in [-0.15, -0.1) is 0 Å². The van der Waals surface area contributed by atoms with Crippen molar-refractivity contribution in [2.75, 3.05) is 24.9 Å². The minimum atomic E-state index is -3.90. The Kier molecular flexibility index (Phi) is 6.64. The molecule has 0 saturated carbocycles. The molecule has 29 heavy (non-hydrogen) atoms. The largest absolute Gasteiger partial charge is 0.495 e. The first-order valence-corrected chi connectivity index (χ1v) is 12.6. The van der Waals surface area contributed by atoms with Crippen molar-refractivity contribution in [3.8, 4) is 5.75 Å². The zero-order chi connectivity index (χ0) is 21.2. The molecule has 0 amide bonds. The van der Waals surface area contributed by atoms with Gasteiger partial charge in [-0.1, -0.05) is 29.3 Å². The zero-order valence-corrected chi connectivity index (χ0v) is 18.7. The number of methoxy groups -OCH3 is 1. The van der Waals surface area contributed by atoms with Crippen LogP contribution >= 0.6 is 23.2 Å². The van der Waals surface area contributed by atoms with Crippen molar-refractivity contribution in [3.05, 3.63) is 52.0 Å². The quantitative estimate of drug-likeness (QED) is 0.654. The average Bonchev–Trinajstić information content (AvgIpc) is 3.19. The van der Waals surface area contributed by atoms with E-state index in [0.29, 0.717) is 23.7 Å². The van der Waals surface area contributed by atoms with Crippen LogP contribution in [0, 0.1) is 0 Å². The Labute approximate surface area is 180 Å². The number of rotatable bonds is 7. The minimum Gasteiger partial charge on any atom is -0.495 e. The highest BCUT2D eigenvalue weighted by Crippen LogP contribution is 2.31. The van der Waals surface area contributed by atoms with Crippen LogP contribution in [-0.4, -0.2) is 41.3 Å². The normalized spacial score (nSPS) is 15.4. The van der Waals surface area contributed by atoms with E-state index in [1.54, 1.807) is 6.07 Å². The maximum absolute atomic E-state index is 12.8. The zero-order valence-electron chi connectivity index (χ0n) is 15.6. The lowest BCUT2D eigenvalue weighted by molar-refractivity contribution is 0.416. The Morgan fingerprint density at radius 1 is 1.03 bits per heavy atom. The van der Waals surface area contributed by atoms with Crippen LogP contribution in [-0.2, 0) is 25.8 Å². The summed E-state index contributed by atoms with van der Waals surface area (Å²) in [5, 5.41) is 0.616. The van der Waals surface area contributed by atoms with Gasteiger partial charge in [-0.3, -0.25) is 4.72 Å². The topological polar surface area (TPSA) is 92.8 Å². The third-order valence-electron chi connectivity index (χ3n) is 4.50. The van der Waals surface area contributed by atoms with Crippen molar-refractivity contribution >= 4 is 48.9 Å². The van der Waals surface area contributed by atoms with Crippen LogP contribution in [0.25, 0.3) is 0 Å². The Bertz CT molecular complexity index is 1120. The van der Waals surface area contributed by atoms with Gasteiger partial charge in [0.25, 0.3) is 0 Å². The van der Waals surface area contributed by atoms with E-state index < -0.39 is 25.8 Å². The number of anilines is 1. The molecule has 1 aliphatic rings. The molecule has 2 aromatic carbocycles. The van der Waals surface area contributed by atoms with Gasteiger partial charge < -0.3 is 4.74 Å². The van der Waals surface area contributed by atoms with E-state index in [1.165, 1.54) is 41.7 Å². The van der Waals surface area contributed by atoms with Gasteiger partial charge >= 0.3 is 0 Å². The summed E-state index contributed by atoms with van der Waals surface area (Å²) >= 11 is 11.9. The van der Waals surface area contributed by atoms with Gasteiger partial charge in [0.1, 0.15) is 5.75 Å². The summed E-state index contributed by atoms with van der Waals surface area (Å²) in [6, 6.07) is 8.62. The summed E-state index contributed by atoms with van der Waals surface area (Å²) in [7, 11) is -6.23. The maximum Gasteiger partial charge on any atom is 0.243 e. The molecule has 0 atom stereocenters. The SMILES string of the molecule is COc1ccc(S(=O)(=O)N2CCCC2)cc1NS(=O)(=O)Cc1ccc(Cl)cc1Cl. The summed E-state index contributed by atoms with van der Waals surface area (Å²) in [6.07, 6.45) is 1.60. The molecule has 11 heteroatoms. The van der Waals surface area contributed by atoms with E-state index in [2.05, 4.69) is 4.72 Å². The van der Waals surface area contributed by atoms with Crippen LogP contribution < -0.4 is 9.46 Å². The first kappa shape index (κ1) is 22.2. The fraction of sp³-hybridized carbons (Fsp3) is 0.333. The number of hydrogen-bond donors (Lipinski definition) is 1. The number of nitrogens with zero attached hydrogens (tertiary/aromatic N) is 1. The fourth-order valence-corrected chi connectivity index (χ4v) is 6.38. The van der Waals surface area contributed by atoms with E-state index in [4.69, 9.17) is 27.9 Å². The molecule has 1 heterocycles. The molecular formula is C18H20Cl2N2O5S2. The van der Waals surface area contributed by atoms with E-state index >= 15 is 0 Å². The lowest BCUT2D eigenvalue weighted by atomic mass is 10.2. The van der Waals surface area contributed by atoms with Gasteiger partial charge in [-0.25, -0.2) is 16.8 Å². The number of hydrogen-bond acceptors (Lipinski definition) is 5. The highest BCUT2D eigenvalue weighted by molar-refractivity contribution is 7.92. The molecule has 3 rings (SSSR count). The van der Waals surface area contributed by atoms with Gasteiger partial charge in [0.15, 0.2) is 0 Å². The van der Waals surface area contributed by atoms with Crippen LogP contribution in [0.15, 0.2) is 41.3 Å². The third-order valence-corrected chi connectivity index (χ3v) is 8.20. The van der Waals surface area contributed by atoms with Crippen molar-refractivity contribution in [1.82, 2.24) is 4.31 Å². The first-order chi connectivity index (χ1) is 13.6. The molecule has 7 nitrogen and oxygen atoms in total. The Morgan fingerprint density at radius 3 is 2.34 bits per heavy atom. The van der Waals surface area contributed by atoms with Crippen LogP contribution in [0.3, 0.4) is 0 Å². The number of sulfonamides is 2. The Morgan fingerprint density at radius 2 is 1.72 bits per heavy atom. The van der Waals surface area contributed by atoms with E-state index in [1.807, 2.05) is 0 Å². The average molecular weight is 479 g/mol. The fourth-order valence-electron chi connectivity index (χ4n) is 3.05. The molecule has 158 valence electrons. The van der Waals surface area contributed by atoms with Crippen molar-refractivity contribution in [2.45, 2.75) is 23.5 Å². The number of halogens is 2. The molecule has 0 radical (unpaired) electrons. The second-order valence-corrected chi connectivity index (χ2v) is 11.1. The molecule has 0 spiro atoms. The van der Waals surface area contributed by atoms with Gasteiger partial charge in [0.05, 0.1) is 23.4 Å². The van der Waals surface area contributed by atoms with Crippen molar-refractivity contribution in [2.24, 2.45) is 0 Å². The van der Waals surface area contributed by atoms with Crippen LogP contribution in [0.4, 0.5) is 5.69 Å². The molecule has 0 aliphatic carbocycles. The molecule has 2 aromatic rings. The van der Waals surface area contributed by atoms with Gasteiger partial charge in [0.2, 0.25) is 20.0 Å². The summed E-state index contributed by atoms with van der Waals surface area (Å²) in [5.74, 6) is -0.203. The summed E-state index contributed by atoms with van der Waals surface area (Å²) in [6.45, 7) is 0.898. The Balaban J connectivity index is 1.90. The molecule has 0 aromatic heterocycles. The second-order valence-electron chi connectivity index (χ2n) is 6.57. The number of ether oxygens (including phenoxy) is 1. The van der Waals surface area contributed by atoms with Crippen LogP contribution in [0.2, 0.25) is 10.0 Å². The maximum atomic E-state index is 12.8. The Hall–Kier alpha value is -1.52. The predicted molar refractivity (Wildman–Crippen MR) is 114 cm³/mol. The van der Waals surface area contributed by atoms with Crippen LogP contribution in [0.5, 0.6) is 5.75 Å². The second kappa shape index (κ2) is 8.69. The lowest BCUT2D eigenvalue weighted by Crippen LogP contribution is -2.28. The lowest BCUT2D eigenvalue weighted by Gasteiger charge is -2.18. The van der Waals surface area contributed by atoms with Gasteiger partial charge in [-0.2, -0.15) is 4.31 Å².